The van der Waals surface area contributed by atoms with Crippen LogP contribution in [0.4, 0.5) is 4.79 Å². The highest BCUT2D eigenvalue weighted by molar-refractivity contribution is 5.71. The maximum absolute atomic E-state index is 12.1. The Bertz CT molecular complexity index is 475. The van der Waals surface area contributed by atoms with Crippen LogP contribution in [-0.4, -0.2) is 60.2 Å². The van der Waals surface area contributed by atoms with Crippen molar-refractivity contribution in [2.24, 2.45) is 0 Å². The summed E-state index contributed by atoms with van der Waals surface area (Å²) in [5, 5.41) is 0. The summed E-state index contributed by atoms with van der Waals surface area (Å²) >= 11 is 0. The fourth-order valence-electron chi connectivity index (χ4n) is 2.80. The third-order valence-electron chi connectivity index (χ3n) is 3.87. The Balaban J connectivity index is 1.62. The highest BCUT2D eigenvalue weighted by atomic mass is 16.6. The zero-order chi connectivity index (χ0) is 13.4. The average molecular weight is 263 g/mol. The molecule has 1 amide bonds. The second-order valence-corrected chi connectivity index (χ2v) is 5.04. The number of rotatable bonds is 2. The molecule has 1 aromatic rings. The zero-order valence-corrected chi connectivity index (χ0v) is 11.1. The van der Waals surface area contributed by atoms with E-state index < -0.39 is 0 Å². The smallest absolute Gasteiger partial charge is 0.415 e. The number of nitrogens with zero attached hydrogens (tertiary/aromatic N) is 3. The van der Waals surface area contributed by atoms with E-state index in [4.69, 9.17) is 9.47 Å². The van der Waals surface area contributed by atoms with Gasteiger partial charge < -0.3 is 14.4 Å². The predicted octanol–water partition coefficient (Wildman–Crippen LogP) is 0.977. The molecule has 0 aromatic carbocycles. The van der Waals surface area contributed by atoms with Gasteiger partial charge in [0.05, 0.1) is 13.3 Å². The zero-order valence-electron chi connectivity index (χ0n) is 11.1. The molecule has 1 aromatic heterocycles. The number of hydrogen-bond acceptors (Lipinski definition) is 5. The number of amides is 1. The van der Waals surface area contributed by atoms with Gasteiger partial charge in [0.25, 0.3) is 0 Å². The van der Waals surface area contributed by atoms with Crippen LogP contribution >= 0.6 is 0 Å². The van der Waals surface area contributed by atoms with E-state index in [1.165, 1.54) is 6.20 Å². The molecule has 6 nitrogen and oxygen atoms in total. The Labute approximate surface area is 111 Å². The molecule has 2 aliphatic rings. The number of likely N-dealkylation sites (N-methyl/N-ethyl adjacent to an activating group) is 1. The number of fused-ring (bicyclic) bond motifs is 2. The predicted molar refractivity (Wildman–Crippen MR) is 68.3 cm³/mol. The number of piperazine rings is 1. The van der Waals surface area contributed by atoms with Crippen molar-refractivity contribution in [3.05, 3.63) is 18.3 Å². The van der Waals surface area contributed by atoms with Crippen molar-refractivity contribution >= 4 is 6.09 Å². The molecule has 2 fully saturated rings. The highest BCUT2D eigenvalue weighted by Gasteiger charge is 2.44. The van der Waals surface area contributed by atoms with Gasteiger partial charge in [0.1, 0.15) is 0 Å². The van der Waals surface area contributed by atoms with Crippen molar-refractivity contribution in [3.8, 4) is 11.6 Å². The summed E-state index contributed by atoms with van der Waals surface area (Å²) in [5.41, 5.74) is 0. The van der Waals surface area contributed by atoms with Gasteiger partial charge in [-0.1, -0.05) is 0 Å². The molecule has 3 rings (SSSR count). The Morgan fingerprint density at radius 2 is 2.21 bits per heavy atom. The first-order valence-corrected chi connectivity index (χ1v) is 6.36. The summed E-state index contributed by atoms with van der Waals surface area (Å²) in [6.45, 7) is 1.68. The van der Waals surface area contributed by atoms with Gasteiger partial charge in [-0.2, -0.15) is 0 Å². The highest BCUT2D eigenvalue weighted by Crippen LogP contribution is 2.30. The maximum Gasteiger partial charge on any atom is 0.415 e. The van der Waals surface area contributed by atoms with Crippen molar-refractivity contribution in [3.63, 3.8) is 0 Å². The molecule has 0 radical (unpaired) electrons. The van der Waals surface area contributed by atoms with Gasteiger partial charge >= 0.3 is 6.09 Å². The van der Waals surface area contributed by atoms with Gasteiger partial charge in [-0.3, -0.25) is 4.90 Å². The van der Waals surface area contributed by atoms with Gasteiger partial charge in [0.15, 0.2) is 5.75 Å². The first kappa shape index (κ1) is 12.2. The Morgan fingerprint density at radius 1 is 1.37 bits per heavy atom. The molecule has 102 valence electrons. The fraction of sp³-hybridized carbons (Fsp3) is 0.538. The van der Waals surface area contributed by atoms with Crippen molar-refractivity contribution in [1.82, 2.24) is 14.8 Å². The van der Waals surface area contributed by atoms with Gasteiger partial charge in [-0.25, -0.2) is 9.78 Å². The minimum absolute atomic E-state index is 0.285. The van der Waals surface area contributed by atoms with Crippen LogP contribution in [0.15, 0.2) is 18.3 Å². The number of carbonyl (C=O) groups is 1. The summed E-state index contributed by atoms with van der Waals surface area (Å²) in [5.74, 6) is 0.948. The maximum atomic E-state index is 12.1. The molecule has 6 heteroatoms. The topological polar surface area (TPSA) is 54.9 Å². The van der Waals surface area contributed by atoms with E-state index in [1.54, 1.807) is 19.2 Å². The van der Waals surface area contributed by atoms with Gasteiger partial charge in [-0.15, -0.1) is 0 Å². The normalized spacial score (nSPS) is 25.7. The second-order valence-electron chi connectivity index (χ2n) is 5.04. The van der Waals surface area contributed by atoms with Crippen LogP contribution < -0.4 is 9.47 Å². The lowest BCUT2D eigenvalue weighted by Crippen LogP contribution is -2.48. The van der Waals surface area contributed by atoms with E-state index in [-0.39, 0.29) is 12.1 Å². The van der Waals surface area contributed by atoms with Gasteiger partial charge in [0, 0.05) is 31.2 Å². The summed E-state index contributed by atoms with van der Waals surface area (Å²) in [7, 11) is 3.65. The molecule has 2 saturated heterocycles. The number of hydrogen-bond donors (Lipinski definition) is 0. The van der Waals surface area contributed by atoms with Crippen LogP contribution in [0.25, 0.3) is 0 Å². The summed E-state index contributed by atoms with van der Waals surface area (Å²) < 4.78 is 10.3. The molecule has 19 heavy (non-hydrogen) atoms. The quantitative estimate of drug-likeness (QED) is 0.796. The summed E-state index contributed by atoms with van der Waals surface area (Å²) in [4.78, 5) is 20.2. The summed E-state index contributed by atoms with van der Waals surface area (Å²) in [6, 6.07) is 4.12. The number of aromatic nitrogens is 1. The van der Waals surface area contributed by atoms with E-state index in [2.05, 4.69) is 16.9 Å². The molecule has 0 spiro atoms. The van der Waals surface area contributed by atoms with Crippen LogP contribution in [0.5, 0.6) is 11.6 Å². The number of pyridine rings is 1. The van der Waals surface area contributed by atoms with E-state index in [1.807, 2.05) is 4.90 Å². The SMILES string of the molecule is COc1ccc(OC(=O)N2CC3CC2CN3C)cn1. The molecule has 0 saturated carbocycles. The number of ether oxygens (including phenoxy) is 2. The van der Waals surface area contributed by atoms with E-state index in [9.17, 15) is 4.79 Å². The van der Waals surface area contributed by atoms with Crippen LogP contribution in [0.1, 0.15) is 6.42 Å². The Kier molecular flexibility index (Phi) is 3.02. The molecule has 0 aliphatic carbocycles. The van der Waals surface area contributed by atoms with E-state index in [0.29, 0.717) is 17.7 Å². The molecule has 2 aliphatic heterocycles. The van der Waals surface area contributed by atoms with Crippen LogP contribution in [0.2, 0.25) is 0 Å². The number of carbonyl (C=O) groups excluding carboxylic acids is 1. The molecule has 2 unspecified atom stereocenters. The first-order valence-electron chi connectivity index (χ1n) is 6.36. The van der Waals surface area contributed by atoms with Crippen LogP contribution in [0.3, 0.4) is 0 Å². The van der Waals surface area contributed by atoms with Gasteiger partial charge in [0.2, 0.25) is 5.88 Å². The average Bonchev–Trinajstić information content (AvgIpc) is 2.98. The third kappa shape index (κ3) is 2.23. The first-order chi connectivity index (χ1) is 9.17. The van der Waals surface area contributed by atoms with Crippen molar-refractivity contribution in [2.75, 3.05) is 27.2 Å². The molecule has 2 atom stereocenters. The Morgan fingerprint density at radius 3 is 2.74 bits per heavy atom. The largest absolute Gasteiger partial charge is 0.481 e. The molecule has 2 bridgehead atoms. The number of likely N-dealkylation sites (tertiary alicyclic amines) is 2. The van der Waals surface area contributed by atoms with Crippen molar-refractivity contribution in [1.29, 1.82) is 0 Å². The minimum atomic E-state index is -0.285. The lowest BCUT2D eigenvalue weighted by molar-refractivity contribution is 0.117. The Hall–Kier alpha value is -1.82. The fourth-order valence-corrected chi connectivity index (χ4v) is 2.80. The molecule has 3 heterocycles. The number of methoxy groups -OCH3 is 1. The molecular formula is C13H17N3O3. The van der Waals surface area contributed by atoms with E-state index in [0.717, 1.165) is 19.5 Å². The van der Waals surface area contributed by atoms with Gasteiger partial charge in [-0.05, 0) is 19.5 Å². The second kappa shape index (κ2) is 4.70. The van der Waals surface area contributed by atoms with E-state index >= 15 is 0 Å². The van der Waals surface area contributed by atoms with Crippen LogP contribution in [-0.2, 0) is 0 Å². The monoisotopic (exact) mass is 263 g/mol. The van der Waals surface area contributed by atoms with Crippen molar-refractivity contribution < 1.29 is 14.3 Å². The van der Waals surface area contributed by atoms with Crippen molar-refractivity contribution in [2.45, 2.75) is 18.5 Å². The molecular weight excluding hydrogens is 246 g/mol. The minimum Gasteiger partial charge on any atom is -0.481 e. The van der Waals surface area contributed by atoms with Crippen LogP contribution in [0, 0.1) is 0 Å². The standard InChI is InChI=1S/C13H17N3O3/c1-15-7-10-5-9(15)8-16(10)13(17)19-11-3-4-12(18-2)14-6-11/h3-4,6,9-10H,5,7-8H2,1-2H3. The third-order valence-corrected chi connectivity index (χ3v) is 3.87. The summed E-state index contributed by atoms with van der Waals surface area (Å²) in [6.07, 6.45) is 2.26. The lowest BCUT2D eigenvalue weighted by atomic mass is 10.2. The molecule has 0 N–H and O–H groups in total. The lowest BCUT2D eigenvalue weighted by Gasteiger charge is -2.30.